The highest BCUT2D eigenvalue weighted by Gasteiger charge is 2.01. The van der Waals surface area contributed by atoms with Gasteiger partial charge in [0.05, 0.1) is 6.61 Å². The van der Waals surface area contributed by atoms with E-state index >= 15 is 0 Å². The predicted molar refractivity (Wildman–Crippen MR) is 67.9 cm³/mol. The van der Waals surface area contributed by atoms with Crippen LogP contribution >= 0.6 is 23.4 Å². The summed E-state index contributed by atoms with van der Waals surface area (Å²) in [5.41, 5.74) is 0. The quantitative estimate of drug-likeness (QED) is 0.346. The van der Waals surface area contributed by atoms with Gasteiger partial charge in [-0.15, -0.1) is 0 Å². The molecule has 0 bridgehead atoms. The van der Waals surface area contributed by atoms with Crippen molar-refractivity contribution in [3.8, 4) is 0 Å². The number of thioether (sulfide) groups is 1. The lowest BCUT2D eigenvalue weighted by Gasteiger charge is -2.02. The van der Waals surface area contributed by atoms with Gasteiger partial charge in [0.15, 0.2) is 0 Å². The summed E-state index contributed by atoms with van der Waals surface area (Å²) < 4.78 is 4.82. The Bertz CT molecular complexity index is 209. The summed E-state index contributed by atoms with van der Waals surface area (Å²) >= 11 is 7.00. The first kappa shape index (κ1) is 15.8. The van der Waals surface area contributed by atoms with Gasteiger partial charge in [0.2, 0.25) is 5.24 Å². The van der Waals surface area contributed by atoms with Crippen LogP contribution in [0.3, 0.4) is 0 Å². The Morgan fingerprint density at radius 2 is 1.81 bits per heavy atom. The second kappa shape index (κ2) is 11.3. The maximum atomic E-state index is 11.0. The summed E-state index contributed by atoms with van der Waals surface area (Å²) in [7, 11) is 0. The number of ether oxygens (including phenoxy) is 1. The number of rotatable bonds is 10. The monoisotopic (exact) mass is 266 g/mol. The Kier molecular flexibility index (Phi) is 11.1. The summed E-state index contributed by atoms with van der Waals surface area (Å²) in [6.07, 6.45) is 3.69. The van der Waals surface area contributed by atoms with Crippen LogP contribution in [0, 0.1) is 0 Å². The van der Waals surface area contributed by atoms with E-state index in [1.807, 2.05) is 6.92 Å². The van der Waals surface area contributed by atoms with Gasteiger partial charge in [-0.05, 0) is 49.3 Å². The van der Waals surface area contributed by atoms with Crippen molar-refractivity contribution in [1.82, 2.24) is 0 Å². The number of unbranched alkanes of at least 4 members (excludes halogenated alkanes) is 1. The van der Waals surface area contributed by atoms with Crippen molar-refractivity contribution in [1.29, 1.82) is 0 Å². The van der Waals surface area contributed by atoms with Crippen LogP contribution in [0.1, 0.15) is 39.0 Å². The van der Waals surface area contributed by atoms with E-state index in [9.17, 15) is 9.59 Å². The Balaban J connectivity index is 3.09. The van der Waals surface area contributed by atoms with E-state index in [0.717, 1.165) is 30.8 Å². The van der Waals surface area contributed by atoms with Crippen LogP contribution in [0.15, 0.2) is 0 Å². The predicted octanol–water partition coefficient (Wildman–Crippen LogP) is 3.00. The molecule has 0 aromatic heterocycles. The number of carbonyl (C=O) groups is 2. The standard InChI is InChI=1S/C11H19ClO3S/c1-2-15-11(14)7-3-4-8-16-9-5-6-10(12)13/h2-9H2,1H3. The maximum Gasteiger partial charge on any atom is 0.305 e. The minimum absolute atomic E-state index is 0.111. The highest BCUT2D eigenvalue weighted by Crippen LogP contribution is 2.10. The highest BCUT2D eigenvalue weighted by molar-refractivity contribution is 7.99. The van der Waals surface area contributed by atoms with Crippen molar-refractivity contribution in [3.63, 3.8) is 0 Å². The Hall–Kier alpha value is -0.220. The molecule has 0 amide bonds. The van der Waals surface area contributed by atoms with E-state index in [1.54, 1.807) is 11.8 Å². The Labute approximate surface area is 106 Å². The van der Waals surface area contributed by atoms with Gasteiger partial charge in [-0.1, -0.05) is 0 Å². The molecule has 0 aromatic rings. The SMILES string of the molecule is CCOC(=O)CCCCSCCCC(=O)Cl. The number of hydrogen-bond acceptors (Lipinski definition) is 4. The topological polar surface area (TPSA) is 43.4 Å². The fraction of sp³-hybridized carbons (Fsp3) is 0.818. The summed E-state index contributed by atoms with van der Waals surface area (Å²) in [4.78, 5) is 21.4. The summed E-state index contributed by atoms with van der Waals surface area (Å²) in [6.45, 7) is 2.27. The van der Waals surface area contributed by atoms with E-state index in [-0.39, 0.29) is 11.2 Å². The molecular formula is C11H19ClO3S. The molecule has 16 heavy (non-hydrogen) atoms. The molecule has 0 atom stereocenters. The Morgan fingerprint density at radius 1 is 1.12 bits per heavy atom. The summed E-state index contributed by atoms with van der Waals surface area (Å²) in [5, 5.41) is -0.261. The molecule has 0 heterocycles. The maximum absolute atomic E-state index is 11.0. The van der Waals surface area contributed by atoms with Crippen molar-refractivity contribution in [2.75, 3.05) is 18.1 Å². The van der Waals surface area contributed by atoms with Crippen molar-refractivity contribution in [2.45, 2.75) is 39.0 Å². The molecule has 0 aliphatic heterocycles. The number of carbonyl (C=O) groups excluding carboxylic acids is 2. The normalized spacial score (nSPS) is 10.1. The molecular weight excluding hydrogens is 248 g/mol. The number of hydrogen-bond donors (Lipinski definition) is 0. The zero-order valence-electron chi connectivity index (χ0n) is 9.67. The van der Waals surface area contributed by atoms with Gasteiger partial charge in [-0.3, -0.25) is 9.59 Å². The third-order valence-electron chi connectivity index (χ3n) is 1.89. The van der Waals surface area contributed by atoms with Gasteiger partial charge < -0.3 is 4.74 Å². The third-order valence-corrected chi connectivity index (χ3v) is 3.23. The minimum atomic E-state index is -0.261. The number of halogens is 1. The van der Waals surface area contributed by atoms with Gasteiger partial charge in [0, 0.05) is 12.8 Å². The first-order valence-electron chi connectivity index (χ1n) is 5.58. The zero-order valence-corrected chi connectivity index (χ0v) is 11.2. The molecule has 0 aromatic carbocycles. The molecule has 0 spiro atoms. The van der Waals surface area contributed by atoms with Gasteiger partial charge in [0.25, 0.3) is 0 Å². The largest absolute Gasteiger partial charge is 0.466 e. The smallest absolute Gasteiger partial charge is 0.305 e. The average molecular weight is 267 g/mol. The fourth-order valence-electron chi connectivity index (χ4n) is 1.12. The van der Waals surface area contributed by atoms with Gasteiger partial charge >= 0.3 is 5.97 Å². The molecule has 94 valence electrons. The molecule has 3 nitrogen and oxygen atoms in total. The van der Waals surface area contributed by atoms with Crippen LogP contribution in [0.25, 0.3) is 0 Å². The molecule has 0 fully saturated rings. The minimum Gasteiger partial charge on any atom is -0.466 e. The lowest BCUT2D eigenvalue weighted by atomic mass is 10.2. The van der Waals surface area contributed by atoms with Gasteiger partial charge in [-0.2, -0.15) is 11.8 Å². The van der Waals surface area contributed by atoms with E-state index in [4.69, 9.17) is 16.3 Å². The zero-order chi connectivity index (χ0) is 12.2. The van der Waals surface area contributed by atoms with Crippen LogP contribution < -0.4 is 0 Å². The first-order valence-corrected chi connectivity index (χ1v) is 7.11. The van der Waals surface area contributed by atoms with Crippen LogP contribution in [0.5, 0.6) is 0 Å². The second-order valence-corrected chi connectivity index (χ2v) is 4.98. The molecule has 0 N–H and O–H groups in total. The van der Waals surface area contributed by atoms with Gasteiger partial charge in [0.1, 0.15) is 0 Å². The van der Waals surface area contributed by atoms with E-state index in [2.05, 4.69) is 0 Å². The summed E-state index contributed by atoms with van der Waals surface area (Å²) in [6, 6.07) is 0. The average Bonchev–Trinajstić information content (AvgIpc) is 2.22. The van der Waals surface area contributed by atoms with E-state index in [0.29, 0.717) is 19.4 Å². The van der Waals surface area contributed by atoms with E-state index in [1.165, 1.54) is 0 Å². The van der Waals surface area contributed by atoms with Crippen molar-refractivity contribution in [2.24, 2.45) is 0 Å². The molecule has 0 aliphatic carbocycles. The third kappa shape index (κ3) is 11.9. The molecule has 0 saturated carbocycles. The molecule has 0 aliphatic rings. The number of esters is 1. The van der Waals surface area contributed by atoms with Crippen molar-refractivity contribution >= 4 is 34.6 Å². The Morgan fingerprint density at radius 3 is 2.44 bits per heavy atom. The molecule has 0 radical (unpaired) electrons. The van der Waals surface area contributed by atoms with Crippen LogP contribution in [0.4, 0.5) is 0 Å². The lowest BCUT2D eigenvalue weighted by Crippen LogP contribution is -2.03. The highest BCUT2D eigenvalue weighted by atomic mass is 35.5. The van der Waals surface area contributed by atoms with Gasteiger partial charge in [-0.25, -0.2) is 0 Å². The summed E-state index contributed by atoms with van der Waals surface area (Å²) in [5.74, 6) is 1.87. The van der Waals surface area contributed by atoms with Crippen LogP contribution in [0.2, 0.25) is 0 Å². The second-order valence-electron chi connectivity index (χ2n) is 3.33. The molecule has 5 heteroatoms. The lowest BCUT2D eigenvalue weighted by molar-refractivity contribution is -0.143. The molecule has 0 rings (SSSR count). The van der Waals surface area contributed by atoms with Crippen LogP contribution in [-0.4, -0.2) is 29.3 Å². The van der Waals surface area contributed by atoms with E-state index < -0.39 is 0 Å². The first-order chi connectivity index (χ1) is 7.66. The fourth-order valence-corrected chi connectivity index (χ4v) is 2.22. The van der Waals surface area contributed by atoms with Crippen molar-refractivity contribution < 1.29 is 14.3 Å². The molecule has 0 saturated heterocycles. The molecule has 0 unspecified atom stereocenters. The van der Waals surface area contributed by atoms with Crippen LogP contribution in [-0.2, 0) is 14.3 Å². The van der Waals surface area contributed by atoms with Crippen molar-refractivity contribution in [3.05, 3.63) is 0 Å².